The first-order valence-corrected chi connectivity index (χ1v) is 9.04. The molecule has 2 fully saturated rings. The lowest BCUT2D eigenvalue weighted by Gasteiger charge is -2.53. The summed E-state index contributed by atoms with van der Waals surface area (Å²) in [6, 6.07) is 6.02. The zero-order chi connectivity index (χ0) is 15.5. The van der Waals surface area contributed by atoms with Crippen LogP contribution in [-0.2, 0) is 6.42 Å². The van der Waals surface area contributed by atoms with Crippen molar-refractivity contribution in [3.8, 4) is 5.75 Å². The van der Waals surface area contributed by atoms with Crippen LogP contribution in [0, 0.1) is 23.2 Å². The van der Waals surface area contributed by atoms with Crippen LogP contribution < -0.4 is 0 Å². The second-order valence-corrected chi connectivity index (χ2v) is 8.18. The molecular formula is C20H28O2. The molecule has 6 atom stereocenters. The minimum atomic E-state index is -0.0998. The van der Waals surface area contributed by atoms with Gasteiger partial charge in [-0.2, -0.15) is 0 Å². The molecular weight excluding hydrogens is 272 g/mol. The van der Waals surface area contributed by atoms with Gasteiger partial charge in [0.15, 0.2) is 0 Å². The van der Waals surface area contributed by atoms with E-state index in [1.165, 1.54) is 30.4 Å². The number of phenols is 1. The number of aromatic hydroxyl groups is 1. The fourth-order valence-corrected chi connectivity index (χ4v) is 6.15. The van der Waals surface area contributed by atoms with Crippen molar-refractivity contribution in [2.75, 3.05) is 0 Å². The van der Waals surface area contributed by atoms with Crippen molar-refractivity contribution in [3.63, 3.8) is 0 Å². The molecule has 1 aromatic rings. The van der Waals surface area contributed by atoms with Crippen LogP contribution in [0.3, 0.4) is 0 Å². The van der Waals surface area contributed by atoms with Crippen molar-refractivity contribution >= 4 is 0 Å². The summed E-state index contributed by atoms with van der Waals surface area (Å²) in [6.07, 6.45) is 6.74. The molecule has 0 radical (unpaired) electrons. The predicted molar refractivity (Wildman–Crippen MR) is 87.9 cm³/mol. The molecule has 2 N–H and O–H groups in total. The zero-order valence-corrected chi connectivity index (χ0v) is 13.8. The van der Waals surface area contributed by atoms with Gasteiger partial charge < -0.3 is 10.2 Å². The van der Waals surface area contributed by atoms with Gasteiger partial charge in [-0.3, -0.25) is 0 Å². The molecule has 6 unspecified atom stereocenters. The van der Waals surface area contributed by atoms with E-state index in [0.29, 0.717) is 23.5 Å². The summed E-state index contributed by atoms with van der Waals surface area (Å²) in [7, 11) is 0. The van der Waals surface area contributed by atoms with Gasteiger partial charge in [0, 0.05) is 0 Å². The van der Waals surface area contributed by atoms with E-state index in [9.17, 15) is 10.2 Å². The van der Waals surface area contributed by atoms with Crippen molar-refractivity contribution in [3.05, 3.63) is 29.3 Å². The summed E-state index contributed by atoms with van der Waals surface area (Å²) in [5.74, 6) is 3.14. The largest absolute Gasteiger partial charge is 0.508 e. The molecule has 0 aromatic heterocycles. The molecule has 2 nitrogen and oxygen atoms in total. The molecule has 0 bridgehead atoms. The Morgan fingerprint density at radius 2 is 2.05 bits per heavy atom. The molecule has 1 aromatic carbocycles. The van der Waals surface area contributed by atoms with E-state index in [0.717, 1.165) is 25.2 Å². The van der Waals surface area contributed by atoms with E-state index in [4.69, 9.17) is 0 Å². The summed E-state index contributed by atoms with van der Waals surface area (Å²) in [5.41, 5.74) is 2.99. The Balaban J connectivity index is 1.77. The van der Waals surface area contributed by atoms with Crippen molar-refractivity contribution in [1.29, 1.82) is 0 Å². The maximum Gasteiger partial charge on any atom is 0.115 e. The first kappa shape index (κ1) is 14.6. The third kappa shape index (κ3) is 1.89. The second kappa shape index (κ2) is 4.99. The van der Waals surface area contributed by atoms with Crippen LogP contribution in [0.5, 0.6) is 5.75 Å². The fourth-order valence-electron chi connectivity index (χ4n) is 6.15. The normalized spacial score (nSPS) is 43.3. The lowest BCUT2D eigenvalue weighted by Crippen LogP contribution is -2.47. The minimum absolute atomic E-state index is 0.0998. The third-order valence-electron chi connectivity index (χ3n) is 7.36. The Labute approximate surface area is 133 Å². The van der Waals surface area contributed by atoms with Crippen molar-refractivity contribution in [1.82, 2.24) is 0 Å². The Morgan fingerprint density at radius 3 is 2.82 bits per heavy atom. The molecule has 2 heteroatoms. The summed E-state index contributed by atoms with van der Waals surface area (Å²) in [4.78, 5) is 0. The van der Waals surface area contributed by atoms with Gasteiger partial charge in [0.1, 0.15) is 5.75 Å². The average molecular weight is 300 g/mol. The van der Waals surface area contributed by atoms with Crippen LogP contribution in [0.1, 0.15) is 63.0 Å². The summed E-state index contributed by atoms with van der Waals surface area (Å²) in [5, 5.41) is 20.4. The molecule has 4 rings (SSSR count). The van der Waals surface area contributed by atoms with Crippen LogP contribution in [0.4, 0.5) is 0 Å². The standard InChI is InChI=1S/C20H28O2/c1-3-12-10-13-11-14(21)4-5-15(13)16-8-9-20(2)17(19(12)16)6-7-18(20)22/h4-5,11-12,16-19,21-22H,3,6-10H2,1-2H3. The predicted octanol–water partition coefficient (Wildman–Crippen LogP) is 4.25. The van der Waals surface area contributed by atoms with Crippen LogP contribution in [0.15, 0.2) is 18.2 Å². The molecule has 0 heterocycles. The smallest absolute Gasteiger partial charge is 0.115 e. The van der Waals surface area contributed by atoms with Gasteiger partial charge in [-0.05, 0) is 84.5 Å². The minimum Gasteiger partial charge on any atom is -0.508 e. The first-order valence-electron chi connectivity index (χ1n) is 9.04. The maximum absolute atomic E-state index is 10.5. The molecule has 120 valence electrons. The Hall–Kier alpha value is -1.02. The van der Waals surface area contributed by atoms with Crippen LogP contribution in [0.2, 0.25) is 0 Å². The number of aliphatic hydroxyl groups is 1. The van der Waals surface area contributed by atoms with Gasteiger partial charge in [-0.15, -0.1) is 0 Å². The Kier molecular flexibility index (Phi) is 3.30. The summed E-state index contributed by atoms with van der Waals surface area (Å²) >= 11 is 0. The summed E-state index contributed by atoms with van der Waals surface area (Å²) in [6.45, 7) is 4.65. The van der Waals surface area contributed by atoms with Gasteiger partial charge in [0.25, 0.3) is 0 Å². The number of hydrogen-bond acceptors (Lipinski definition) is 2. The average Bonchev–Trinajstić information content (AvgIpc) is 2.81. The van der Waals surface area contributed by atoms with E-state index in [-0.39, 0.29) is 11.5 Å². The lowest BCUT2D eigenvalue weighted by atomic mass is 9.52. The van der Waals surface area contributed by atoms with Gasteiger partial charge in [-0.25, -0.2) is 0 Å². The third-order valence-corrected chi connectivity index (χ3v) is 7.36. The first-order chi connectivity index (χ1) is 10.5. The zero-order valence-electron chi connectivity index (χ0n) is 13.8. The van der Waals surface area contributed by atoms with E-state index in [2.05, 4.69) is 19.9 Å². The van der Waals surface area contributed by atoms with E-state index < -0.39 is 0 Å². The van der Waals surface area contributed by atoms with E-state index in [1.54, 1.807) is 0 Å². The van der Waals surface area contributed by atoms with E-state index >= 15 is 0 Å². The van der Waals surface area contributed by atoms with Gasteiger partial charge >= 0.3 is 0 Å². The number of benzene rings is 1. The highest BCUT2D eigenvalue weighted by Crippen LogP contribution is 2.62. The molecule has 3 aliphatic carbocycles. The second-order valence-electron chi connectivity index (χ2n) is 8.18. The molecule has 0 amide bonds. The Bertz CT molecular complexity index is 581. The monoisotopic (exact) mass is 300 g/mol. The van der Waals surface area contributed by atoms with Crippen molar-refractivity contribution < 1.29 is 10.2 Å². The SMILES string of the molecule is CCC1Cc2cc(O)ccc2C2CCC3(C)C(O)CCC3C12. The number of fused-ring (bicyclic) bond motifs is 5. The maximum atomic E-state index is 10.5. The fraction of sp³-hybridized carbons (Fsp3) is 0.700. The van der Waals surface area contributed by atoms with Crippen LogP contribution in [0.25, 0.3) is 0 Å². The molecule has 3 aliphatic rings. The van der Waals surface area contributed by atoms with Crippen LogP contribution in [-0.4, -0.2) is 16.3 Å². The number of rotatable bonds is 1. The highest BCUT2D eigenvalue weighted by atomic mass is 16.3. The number of phenolic OH excluding ortho intramolecular Hbond substituents is 1. The van der Waals surface area contributed by atoms with Crippen molar-refractivity contribution in [2.24, 2.45) is 23.2 Å². The van der Waals surface area contributed by atoms with Crippen LogP contribution >= 0.6 is 0 Å². The summed E-state index contributed by atoms with van der Waals surface area (Å²) < 4.78 is 0. The molecule has 22 heavy (non-hydrogen) atoms. The van der Waals surface area contributed by atoms with Gasteiger partial charge in [-0.1, -0.05) is 26.3 Å². The number of aliphatic hydroxyl groups excluding tert-OH is 1. The molecule has 0 saturated heterocycles. The van der Waals surface area contributed by atoms with E-state index in [1.807, 2.05) is 12.1 Å². The lowest BCUT2D eigenvalue weighted by molar-refractivity contribution is -0.0386. The Morgan fingerprint density at radius 1 is 1.23 bits per heavy atom. The highest BCUT2D eigenvalue weighted by Gasteiger charge is 2.56. The molecule has 2 saturated carbocycles. The molecule has 0 spiro atoms. The van der Waals surface area contributed by atoms with Crippen molar-refractivity contribution in [2.45, 2.75) is 64.4 Å². The quantitative estimate of drug-likeness (QED) is 0.814. The highest BCUT2D eigenvalue weighted by molar-refractivity contribution is 5.40. The molecule has 0 aliphatic heterocycles. The van der Waals surface area contributed by atoms with Gasteiger partial charge in [0.2, 0.25) is 0 Å². The van der Waals surface area contributed by atoms with Gasteiger partial charge in [0.05, 0.1) is 6.10 Å². The topological polar surface area (TPSA) is 40.5 Å². The number of hydrogen-bond donors (Lipinski definition) is 2.